The third kappa shape index (κ3) is 1.16. The molecule has 3 unspecified atom stereocenters. The molecule has 0 aliphatic carbocycles. The first-order valence-electron chi connectivity index (χ1n) is 4.57. The number of carbonyl (C=O) groups is 1. The van der Waals surface area contributed by atoms with E-state index in [-0.39, 0.29) is 18.8 Å². The summed E-state index contributed by atoms with van der Waals surface area (Å²) in [4.78, 5) is 11.1. The summed E-state index contributed by atoms with van der Waals surface area (Å²) in [5, 5.41) is 9.16. The molecule has 2 saturated heterocycles. The molecule has 0 saturated carbocycles. The average molecular weight is 186 g/mol. The molecule has 0 aromatic rings. The van der Waals surface area contributed by atoms with Crippen LogP contribution in [0.15, 0.2) is 0 Å². The van der Waals surface area contributed by atoms with Crippen LogP contribution in [-0.4, -0.2) is 37.0 Å². The fourth-order valence-electron chi connectivity index (χ4n) is 2.50. The molecule has 0 spiro atoms. The largest absolute Gasteiger partial charge is 0.481 e. The number of hydrogen-bond donors (Lipinski definition) is 1. The molecule has 0 radical (unpaired) electrons. The van der Waals surface area contributed by atoms with E-state index in [1.54, 1.807) is 0 Å². The highest BCUT2D eigenvalue weighted by molar-refractivity contribution is 5.76. The predicted octanol–water partition coefficient (Wildman–Crippen LogP) is 0.655. The van der Waals surface area contributed by atoms with Gasteiger partial charge in [-0.3, -0.25) is 4.79 Å². The highest BCUT2D eigenvalue weighted by Crippen LogP contribution is 2.48. The molecule has 1 N–H and O–H groups in total. The Labute approximate surface area is 76.8 Å². The Bertz CT molecular complexity index is 228. The Morgan fingerprint density at radius 1 is 1.69 bits per heavy atom. The van der Waals surface area contributed by atoms with E-state index in [9.17, 15) is 4.79 Å². The summed E-state index contributed by atoms with van der Waals surface area (Å²) in [6, 6.07) is 0. The molecule has 2 bridgehead atoms. The predicted molar refractivity (Wildman–Crippen MR) is 44.5 cm³/mol. The second kappa shape index (κ2) is 2.96. The zero-order chi connectivity index (χ0) is 9.47. The van der Waals surface area contributed by atoms with Crippen molar-refractivity contribution in [3.63, 3.8) is 0 Å². The molecule has 2 heterocycles. The van der Waals surface area contributed by atoms with Crippen LogP contribution < -0.4 is 0 Å². The van der Waals surface area contributed by atoms with E-state index < -0.39 is 11.4 Å². The van der Waals surface area contributed by atoms with Gasteiger partial charge in [0.15, 0.2) is 0 Å². The fourth-order valence-corrected chi connectivity index (χ4v) is 2.50. The maximum Gasteiger partial charge on any atom is 0.314 e. The number of carboxylic acid groups (broad SMARTS) is 1. The zero-order valence-corrected chi connectivity index (χ0v) is 7.66. The van der Waals surface area contributed by atoms with Crippen molar-refractivity contribution in [2.45, 2.75) is 31.5 Å². The Balaban J connectivity index is 2.20. The van der Waals surface area contributed by atoms with Crippen molar-refractivity contribution in [2.24, 2.45) is 5.41 Å². The molecule has 74 valence electrons. The number of aliphatic carboxylic acids is 1. The second-order valence-electron chi connectivity index (χ2n) is 3.92. The summed E-state index contributed by atoms with van der Waals surface area (Å²) in [6.07, 6.45) is 2.50. The summed E-state index contributed by atoms with van der Waals surface area (Å²) in [5.74, 6) is -0.776. The fraction of sp³-hybridized carbons (Fsp3) is 0.889. The monoisotopic (exact) mass is 186 g/mol. The highest BCUT2D eigenvalue weighted by atomic mass is 16.5. The molecule has 3 atom stereocenters. The lowest BCUT2D eigenvalue weighted by Gasteiger charge is -2.29. The van der Waals surface area contributed by atoms with Crippen LogP contribution in [0.5, 0.6) is 0 Å². The lowest BCUT2D eigenvalue weighted by atomic mass is 9.74. The first-order chi connectivity index (χ1) is 6.19. The third-order valence-corrected chi connectivity index (χ3v) is 3.14. The summed E-state index contributed by atoms with van der Waals surface area (Å²) in [7, 11) is 1.54. The molecular weight excluding hydrogens is 172 g/mol. The van der Waals surface area contributed by atoms with E-state index in [1.165, 1.54) is 7.11 Å². The van der Waals surface area contributed by atoms with Crippen LogP contribution in [-0.2, 0) is 14.3 Å². The van der Waals surface area contributed by atoms with Crippen LogP contribution in [0.2, 0.25) is 0 Å². The van der Waals surface area contributed by atoms with Gasteiger partial charge < -0.3 is 14.6 Å². The number of fused-ring (bicyclic) bond motifs is 2. The van der Waals surface area contributed by atoms with Gasteiger partial charge in [-0.05, 0) is 19.3 Å². The van der Waals surface area contributed by atoms with Crippen LogP contribution in [0.25, 0.3) is 0 Å². The SMILES string of the molecule is COCC1(C(=O)O)CC2CCC1O2. The molecule has 4 heteroatoms. The normalized spacial score (nSPS) is 42.5. The molecule has 0 aromatic heterocycles. The summed E-state index contributed by atoms with van der Waals surface area (Å²) in [6.45, 7) is 0.267. The van der Waals surface area contributed by atoms with Gasteiger partial charge in [-0.25, -0.2) is 0 Å². The number of methoxy groups -OCH3 is 1. The van der Waals surface area contributed by atoms with Gasteiger partial charge in [0.2, 0.25) is 0 Å². The topological polar surface area (TPSA) is 55.8 Å². The minimum absolute atomic E-state index is 0.130. The second-order valence-corrected chi connectivity index (χ2v) is 3.92. The van der Waals surface area contributed by atoms with Gasteiger partial charge in [-0.2, -0.15) is 0 Å². The first-order valence-corrected chi connectivity index (χ1v) is 4.57. The van der Waals surface area contributed by atoms with E-state index in [1.807, 2.05) is 0 Å². The van der Waals surface area contributed by atoms with Gasteiger partial charge in [0.1, 0.15) is 5.41 Å². The molecule has 2 rings (SSSR count). The van der Waals surface area contributed by atoms with Crippen molar-refractivity contribution >= 4 is 5.97 Å². The minimum atomic E-state index is -0.776. The molecule has 0 amide bonds. The molecule has 2 aliphatic rings. The van der Waals surface area contributed by atoms with Gasteiger partial charge in [0.25, 0.3) is 0 Å². The van der Waals surface area contributed by atoms with Crippen molar-refractivity contribution in [2.75, 3.05) is 13.7 Å². The molecule has 4 nitrogen and oxygen atoms in total. The smallest absolute Gasteiger partial charge is 0.314 e. The third-order valence-electron chi connectivity index (χ3n) is 3.14. The van der Waals surface area contributed by atoms with Crippen molar-refractivity contribution < 1.29 is 19.4 Å². The van der Waals surface area contributed by atoms with E-state index in [0.29, 0.717) is 6.42 Å². The maximum absolute atomic E-state index is 11.1. The van der Waals surface area contributed by atoms with Gasteiger partial charge in [-0.15, -0.1) is 0 Å². The number of hydrogen-bond acceptors (Lipinski definition) is 3. The van der Waals surface area contributed by atoms with Crippen molar-refractivity contribution in [1.29, 1.82) is 0 Å². The zero-order valence-electron chi connectivity index (χ0n) is 7.66. The van der Waals surface area contributed by atoms with Crippen LogP contribution in [0.3, 0.4) is 0 Å². The van der Waals surface area contributed by atoms with Crippen LogP contribution in [0.1, 0.15) is 19.3 Å². The number of rotatable bonds is 3. The minimum Gasteiger partial charge on any atom is -0.481 e. The van der Waals surface area contributed by atoms with E-state index in [0.717, 1.165) is 12.8 Å². The Hall–Kier alpha value is -0.610. The molecule has 2 fully saturated rings. The standard InChI is InChI=1S/C9H14O4/c1-12-5-9(8(10)11)4-6-2-3-7(9)13-6/h6-7H,2-5H2,1H3,(H,10,11). The number of ether oxygens (including phenoxy) is 2. The summed E-state index contributed by atoms with van der Waals surface area (Å²) >= 11 is 0. The Kier molecular flexibility index (Phi) is 2.04. The van der Waals surface area contributed by atoms with Crippen molar-refractivity contribution in [1.82, 2.24) is 0 Å². The molecular formula is C9H14O4. The molecule has 0 aromatic carbocycles. The summed E-state index contributed by atoms with van der Waals surface area (Å²) < 4.78 is 10.5. The van der Waals surface area contributed by atoms with Gasteiger partial charge in [0.05, 0.1) is 18.8 Å². The molecule has 13 heavy (non-hydrogen) atoms. The van der Waals surface area contributed by atoms with Crippen LogP contribution in [0.4, 0.5) is 0 Å². The van der Waals surface area contributed by atoms with Crippen LogP contribution in [0, 0.1) is 5.41 Å². The maximum atomic E-state index is 11.1. The number of carboxylic acids is 1. The Morgan fingerprint density at radius 2 is 2.46 bits per heavy atom. The quantitative estimate of drug-likeness (QED) is 0.703. The van der Waals surface area contributed by atoms with Crippen molar-refractivity contribution in [3.8, 4) is 0 Å². The molecule has 2 aliphatic heterocycles. The van der Waals surface area contributed by atoms with Gasteiger partial charge in [-0.1, -0.05) is 0 Å². The van der Waals surface area contributed by atoms with Crippen LogP contribution >= 0.6 is 0 Å². The Morgan fingerprint density at radius 3 is 2.85 bits per heavy atom. The van der Waals surface area contributed by atoms with Crippen molar-refractivity contribution in [3.05, 3.63) is 0 Å². The van der Waals surface area contributed by atoms with E-state index in [2.05, 4.69) is 0 Å². The van der Waals surface area contributed by atoms with Gasteiger partial charge in [0, 0.05) is 7.11 Å². The first kappa shape index (κ1) is 8.97. The highest BCUT2D eigenvalue weighted by Gasteiger charge is 2.57. The van der Waals surface area contributed by atoms with E-state index >= 15 is 0 Å². The average Bonchev–Trinajstić information content (AvgIpc) is 2.64. The lowest BCUT2D eigenvalue weighted by Crippen LogP contribution is -2.43. The van der Waals surface area contributed by atoms with Gasteiger partial charge >= 0.3 is 5.97 Å². The lowest BCUT2D eigenvalue weighted by molar-refractivity contribution is -0.156. The van der Waals surface area contributed by atoms with E-state index in [4.69, 9.17) is 14.6 Å². The summed E-state index contributed by atoms with van der Waals surface area (Å²) in [5.41, 5.74) is -0.766.